The quantitative estimate of drug-likeness (QED) is 0.866. The molecule has 1 aliphatic carbocycles. The maximum absolute atomic E-state index is 12.1. The van der Waals surface area contributed by atoms with Gasteiger partial charge in [-0.25, -0.2) is 4.79 Å². The molecule has 0 unspecified atom stereocenters. The van der Waals surface area contributed by atoms with Crippen LogP contribution in [0.25, 0.3) is 0 Å². The molecule has 2 N–H and O–H groups in total. The summed E-state index contributed by atoms with van der Waals surface area (Å²) >= 11 is 0. The Labute approximate surface area is 126 Å². The topological polar surface area (TPSA) is 72.6 Å². The molecular formula is C16H26N2O3. The van der Waals surface area contributed by atoms with E-state index in [0.29, 0.717) is 5.92 Å². The summed E-state index contributed by atoms with van der Waals surface area (Å²) in [5.74, 6) is 0.482. The van der Waals surface area contributed by atoms with Crippen LogP contribution < -0.4 is 5.73 Å². The molecule has 0 saturated heterocycles. The molecule has 21 heavy (non-hydrogen) atoms. The van der Waals surface area contributed by atoms with Crippen molar-refractivity contribution in [1.82, 2.24) is 4.90 Å². The van der Waals surface area contributed by atoms with Gasteiger partial charge in [0.05, 0.1) is 0 Å². The first-order valence-corrected chi connectivity index (χ1v) is 7.85. The zero-order chi connectivity index (χ0) is 15.5. The maximum atomic E-state index is 12.1. The number of primary amides is 1. The Morgan fingerprint density at radius 3 is 2.81 bits per heavy atom. The third kappa shape index (κ3) is 4.22. The predicted molar refractivity (Wildman–Crippen MR) is 80.6 cm³/mol. The predicted octanol–water partition coefficient (Wildman–Crippen LogP) is 2.60. The third-order valence-corrected chi connectivity index (χ3v) is 4.48. The van der Waals surface area contributed by atoms with Crippen LogP contribution in [0.5, 0.6) is 0 Å². The smallest absolute Gasteiger partial charge is 0.405 e. The van der Waals surface area contributed by atoms with E-state index in [0.717, 1.165) is 38.6 Å². The minimum Gasteiger partial charge on any atom is -0.444 e. The zero-order valence-electron chi connectivity index (χ0n) is 13.0. The second-order valence-electron chi connectivity index (χ2n) is 6.72. The first-order chi connectivity index (χ1) is 9.89. The van der Waals surface area contributed by atoms with E-state index in [4.69, 9.17) is 10.5 Å². The van der Waals surface area contributed by atoms with Gasteiger partial charge in [0.1, 0.15) is 5.60 Å². The van der Waals surface area contributed by atoms with Crippen molar-refractivity contribution >= 4 is 12.0 Å². The minimum absolute atomic E-state index is 0.117. The SMILES string of the molecule is CC(C)(C[C@@H]1CCCC[C@H]1N1CCC=CC1=O)OC(N)=O. The van der Waals surface area contributed by atoms with Crippen molar-refractivity contribution in [2.24, 2.45) is 11.7 Å². The van der Waals surface area contributed by atoms with Crippen LogP contribution in [0.1, 0.15) is 52.4 Å². The Morgan fingerprint density at radius 1 is 1.43 bits per heavy atom. The summed E-state index contributed by atoms with van der Waals surface area (Å²) in [7, 11) is 0. The summed E-state index contributed by atoms with van der Waals surface area (Å²) in [4.78, 5) is 25.1. The van der Waals surface area contributed by atoms with Crippen LogP contribution in [0.4, 0.5) is 4.79 Å². The molecular weight excluding hydrogens is 268 g/mol. The molecule has 0 aromatic carbocycles. The van der Waals surface area contributed by atoms with E-state index in [1.165, 1.54) is 6.42 Å². The number of nitrogens with two attached hydrogens (primary N) is 1. The van der Waals surface area contributed by atoms with Gasteiger partial charge in [0, 0.05) is 12.6 Å². The number of ether oxygens (including phenoxy) is 1. The number of hydrogen-bond donors (Lipinski definition) is 1. The van der Waals surface area contributed by atoms with E-state index >= 15 is 0 Å². The van der Waals surface area contributed by atoms with Crippen LogP contribution in [0.15, 0.2) is 12.2 Å². The molecule has 0 spiro atoms. The van der Waals surface area contributed by atoms with Gasteiger partial charge in [-0.1, -0.05) is 18.9 Å². The van der Waals surface area contributed by atoms with Gasteiger partial charge in [0.25, 0.3) is 0 Å². The van der Waals surface area contributed by atoms with Crippen molar-refractivity contribution in [3.8, 4) is 0 Å². The highest BCUT2D eigenvalue weighted by molar-refractivity contribution is 5.88. The Kier molecular flexibility index (Phi) is 4.91. The van der Waals surface area contributed by atoms with E-state index in [9.17, 15) is 9.59 Å². The average molecular weight is 294 g/mol. The lowest BCUT2D eigenvalue weighted by Gasteiger charge is -2.43. The van der Waals surface area contributed by atoms with Crippen molar-refractivity contribution in [1.29, 1.82) is 0 Å². The third-order valence-electron chi connectivity index (χ3n) is 4.48. The lowest BCUT2D eigenvalue weighted by Crippen LogP contribution is -2.49. The van der Waals surface area contributed by atoms with E-state index in [2.05, 4.69) is 0 Å². The van der Waals surface area contributed by atoms with Gasteiger partial charge < -0.3 is 15.4 Å². The zero-order valence-corrected chi connectivity index (χ0v) is 13.0. The minimum atomic E-state index is -0.732. The molecule has 5 nitrogen and oxygen atoms in total. The highest BCUT2D eigenvalue weighted by Gasteiger charge is 2.37. The molecule has 118 valence electrons. The van der Waals surface area contributed by atoms with Crippen molar-refractivity contribution in [3.63, 3.8) is 0 Å². The fraction of sp³-hybridized carbons (Fsp3) is 0.750. The van der Waals surface area contributed by atoms with E-state index in [-0.39, 0.29) is 11.9 Å². The fourth-order valence-electron chi connectivity index (χ4n) is 3.71. The monoisotopic (exact) mass is 294 g/mol. The Bertz CT molecular complexity index is 431. The molecule has 1 aliphatic heterocycles. The van der Waals surface area contributed by atoms with Gasteiger partial charge in [-0.2, -0.15) is 0 Å². The Morgan fingerprint density at radius 2 is 2.14 bits per heavy atom. The van der Waals surface area contributed by atoms with Crippen molar-refractivity contribution < 1.29 is 14.3 Å². The largest absolute Gasteiger partial charge is 0.444 e. The van der Waals surface area contributed by atoms with Crippen LogP contribution in [0, 0.1) is 5.92 Å². The van der Waals surface area contributed by atoms with Gasteiger partial charge in [0.2, 0.25) is 5.91 Å². The van der Waals surface area contributed by atoms with Crippen LogP contribution in [-0.4, -0.2) is 35.1 Å². The van der Waals surface area contributed by atoms with Crippen LogP contribution >= 0.6 is 0 Å². The summed E-state index contributed by atoms with van der Waals surface area (Å²) in [5.41, 5.74) is 4.57. The lowest BCUT2D eigenvalue weighted by atomic mass is 9.77. The summed E-state index contributed by atoms with van der Waals surface area (Å²) in [5, 5.41) is 0. The highest BCUT2D eigenvalue weighted by atomic mass is 16.6. The van der Waals surface area contributed by atoms with E-state index < -0.39 is 11.7 Å². The van der Waals surface area contributed by atoms with Crippen LogP contribution in [0.3, 0.4) is 0 Å². The van der Waals surface area contributed by atoms with Gasteiger partial charge in [0.15, 0.2) is 0 Å². The second kappa shape index (κ2) is 6.50. The normalized spacial score (nSPS) is 26.8. The van der Waals surface area contributed by atoms with E-state index in [1.54, 1.807) is 6.08 Å². The van der Waals surface area contributed by atoms with Crippen molar-refractivity contribution in [3.05, 3.63) is 12.2 Å². The average Bonchev–Trinajstić information content (AvgIpc) is 2.38. The molecule has 0 radical (unpaired) electrons. The first-order valence-electron chi connectivity index (χ1n) is 7.85. The summed E-state index contributed by atoms with van der Waals surface area (Å²) in [6.07, 6.45) is 9.00. The summed E-state index contributed by atoms with van der Waals surface area (Å²) in [6, 6.07) is 0.256. The van der Waals surface area contributed by atoms with Crippen LogP contribution in [-0.2, 0) is 9.53 Å². The standard InChI is InChI=1S/C16H26N2O3/c1-16(2,21-15(17)20)11-12-7-3-4-8-13(12)18-10-6-5-9-14(18)19/h5,9,12-13H,3-4,6-8,10-11H2,1-2H3,(H2,17,20)/t12-,13+/m0/s1. The molecule has 2 atom stereocenters. The number of nitrogens with zero attached hydrogens (tertiary/aromatic N) is 1. The van der Waals surface area contributed by atoms with Gasteiger partial charge in [-0.05, 0) is 51.5 Å². The molecule has 1 fully saturated rings. The Balaban J connectivity index is 2.06. The van der Waals surface area contributed by atoms with Crippen molar-refractivity contribution in [2.75, 3.05) is 6.54 Å². The number of hydrogen-bond acceptors (Lipinski definition) is 3. The maximum Gasteiger partial charge on any atom is 0.405 e. The molecule has 5 heteroatoms. The molecule has 1 saturated carbocycles. The molecule has 1 heterocycles. The summed E-state index contributed by atoms with van der Waals surface area (Å²) in [6.45, 7) is 4.58. The number of carbonyl (C=O) groups excluding carboxylic acids is 2. The molecule has 2 aliphatic rings. The highest BCUT2D eigenvalue weighted by Crippen LogP contribution is 2.36. The lowest BCUT2D eigenvalue weighted by molar-refractivity contribution is -0.131. The number of carbonyl (C=O) groups is 2. The molecule has 0 aromatic heterocycles. The van der Waals surface area contributed by atoms with Gasteiger partial charge >= 0.3 is 6.09 Å². The molecule has 0 aromatic rings. The fourth-order valence-corrected chi connectivity index (χ4v) is 3.71. The molecule has 2 rings (SSSR count). The van der Waals surface area contributed by atoms with Crippen molar-refractivity contribution in [2.45, 2.75) is 64.0 Å². The van der Waals surface area contributed by atoms with E-state index in [1.807, 2.05) is 24.8 Å². The summed E-state index contributed by atoms with van der Waals surface area (Å²) < 4.78 is 5.22. The first kappa shape index (κ1) is 15.9. The number of rotatable bonds is 4. The van der Waals surface area contributed by atoms with Gasteiger partial charge in [-0.3, -0.25) is 4.79 Å². The Hall–Kier alpha value is -1.52. The molecule has 2 amide bonds. The van der Waals surface area contributed by atoms with Gasteiger partial charge in [-0.15, -0.1) is 0 Å². The molecule has 0 bridgehead atoms. The number of amides is 2. The van der Waals surface area contributed by atoms with Crippen LogP contribution in [0.2, 0.25) is 0 Å². The second-order valence-corrected chi connectivity index (χ2v) is 6.72.